The molecule has 3 aliphatic rings. The molecule has 3 aliphatic heterocycles. The molecule has 0 spiro atoms. The standard InChI is InChI=1S/C6H11N2.Y/c1-8-5-2-6(8)4-7-3-5;/h5-6H,2-4H2,1H3;/q-1;. The predicted octanol–water partition coefficient (Wildman–Crippen LogP) is 0.444. The summed E-state index contributed by atoms with van der Waals surface area (Å²) in [5.74, 6) is 0. The van der Waals surface area contributed by atoms with Crippen LogP contribution < -0.4 is 0 Å². The van der Waals surface area contributed by atoms with E-state index in [1.165, 1.54) is 6.42 Å². The third-order valence-electron chi connectivity index (χ3n) is 2.38. The molecule has 0 amide bonds. The van der Waals surface area contributed by atoms with Gasteiger partial charge in [-0.25, -0.2) is 0 Å². The number of hydrogen-bond acceptors (Lipinski definition) is 1. The van der Waals surface area contributed by atoms with Crippen molar-refractivity contribution < 1.29 is 32.7 Å². The molecule has 3 fully saturated rings. The van der Waals surface area contributed by atoms with Crippen LogP contribution >= 0.6 is 0 Å². The minimum absolute atomic E-state index is 0. The van der Waals surface area contributed by atoms with Gasteiger partial charge in [0.15, 0.2) is 0 Å². The van der Waals surface area contributed by atoms with E-state index in [1.807, 2.05) is 0 Å². The fourth-order valence-corrected chi connectivity index (χ4v) is 1.59. The summed E-state index contributed by atoms with van der Waals surface area (Å²) in [6.45, 7) is 2.18. The number of hydrogen-bond donors (Lipinski definition) is 0. The van der Waals surface area contributed by atoms with Crippen molar-refractivity contribution in [3.63, 3.8) is 0 Å². The molecular formula is C6H11N2Y-. The van der Waals surface area contributed by atoms with Gasteiger partial charge in [-0.3, -0.25) is 0 Å². The maximum absolute atomic E-state index is 4.32. The molecular weight excluding hydrogens is 189 g/mol. The average molecular weight is 200 g/mol. The molecule has 0 aromatic rings. The van der Waals surface area contributed by atoms with Crippen LogP contribution in [-0.4, -0.2) is 37.1 Å². The van der Waals surface area contributed by atoms with E-state index >= 15 is 0 Å². The van der Waals surface area contributed by atoms with Crippen LogP contribution in [0.3, 0.4) is 0 Å². The van der Waals surface area contributed by atoms with E-state index in [9.17, 15) is 0 Å². The fourth-order valence-electron chi connectivity index (χ4n) is 1.59. The Kier molecular flexibility index (Phi) is 2.67. The third-order valence-corrected chi connectivity index (χ3v) is 2.38. The van der Waals surface area contributed by atoms with Gasteiger partial charge in [-0.2, -0.15) is 0 Å². The van der Waals surface area contributed by atoms with Gasteiger partial charge < -0.3 is 10.2 Å². The van der Waals surface area contributed by atoms with Gasteiger partial charge in [-0.1, -0.05) is 0 Å². The normalized spacial score (nSPS) is 41.0. The summed E-state index contributed by atoms with van der Waals surface area (Å²) in [7, 11) is 2.20. The van der Waals surface area contributed by atoms with Crippen molar-refractivity contribution in [2.24, 2.45) is 0 Å². The molecule has 49 valence electrons. The Morgan fingerprint density at radius 3 is 2.11 bits per heavy atom. The van der Waals surface area contributed by atoms with Gasteiger partial charge >= 0.3 is 0 Å². The molecule has 2 atom stereocenters. The van der Waals surface area contributed by atoms with Crippen LogP contribution in [-0.2, 0) is 32.7 Å². The van der Waals surface area contributed by atoms with Crippen molar-refractivity contribution in [3.8, 4) is 0 Å². The molecule has 0 aromatic heterocycles. The predicted molar refractivity (Wildman–Crippen MR) is 33.0 cm³/mol. The monoisotopic (exact) mass is 200 g/mol. The van der Waals surface area contributed by atoms with Gasteiger partial charge in [-0.05, 0) is 25.6 Å². The first kappa shape index (κ1) is 8.12. The first-order valence-corrected chi connectivity index (χ1v) is 3.23. The van der Waals surface area contributed by atoms with E-state index in [4.69, 9.17) is 0 Å². The molecule has 0 aliphatic carbocycles. The van der Waals surface area contributed by atoms with Gasteiger partial charge in [0.25, 0.3) is 0 Å². The molecule has 0 aromatic carbocycles. The maximum atomic E-state index is 4.32. The van der Waals surface area contributed by atoms with Crippen molar-refractivity contribution in [3.05, 3.63) is 5.32 Å². The number of piperidine rings is 1. The molecule has 0 N–H and O–H groups in total. The van der Waals surface area contributed by atoms with Gasteiger partial charge in [0.05, 0.1) is 0 Å². The molecule has 9 heavy (non-hydrogen) atoms. The largest absolute Gasteiger partial charge is 0.660 e. The van der Waals surface area contributed by atoms with Crippen LogP contribution in [0.4, 0.5) is 0 Å². The Balaban J connectivity index is 0.000000405. The Labute approximate surface area is 81.2 Å². The van der Waals surface area contributed by atoms with Crippen molar-refractivity contribution in [2.75, 3.05) is 20.1 Å². The molecule has 3 heterocycles. The Morgan fingerprint density at radius 2 is 1.89 bits per heavy atom. The first-order chi connectivity index (χ1) is 3.88. The molecule has 3 saturated heterocycles. The second-order valence-electron chi connectivity index (χ2n) is 2.80. The summed E-state index contributed by atoms with van der Waals surface area (Å²) in [6, 6.07) is 1.63. The molecule has 2 unspecified atom stereocenters. The van der Waals surface area contributed by atoms with Gasteiger partial charge in [0.1, 0.15) is 0 Å². The number of nitrogens with zero attached hydrogens (tertiary/aromatic N) is 2. The minimum Gasteiger partial charge on any atom is -0.660 e. The molecule has 1 radical (unpaired) electrons. The van der Waals surface area contributed by atoms with E-state index in [-0.39, 0.29) is 32.7 Å². The van der Waals surface area contributed by atoms with Crippen LogP contribution in [0.15, 0.2) is 0 Å². The summed E-state index contributed by atoms with van der Waals surface area (Å²) < 4.78 is 0. The Bertz CT molecular complexity index is 93.2. The second kappa shape index (κ2) is 2.95. The van der Waals surface area contributed by atoms with Crippen LogP contribution in [0.1, 0.15) is 6.42 Å². The first-order valence-electron chi connectivity index (χ1n) is 3.23. The zero-order chi connectivity index (χ0) is 5.56. The van der Waals surface area contributed by atoms with Crippen molar-refractivity contribution in [1.82, 2.24) is 4.90 Å². The van der Waals surface area contributed by atoms with Crippen LogP contribution in [0.2, 0.25) is 0 Å². The van der Waals surface area contributed by atoms with Crippen molar-refractivity contribution in [1.29, 1.82) is 0 Å². The van der Waals surface area contributed by atoms with E-state index in [0.717, 1.165) is 25.2 Å². The molecule has 3 rings (SSSR count). The summed E-state index contributed by atoms with van der Waals surface area (Å²) in [6.07, 6.45) is 1.40. The third kappa shape index (κ3) is 1.23. The van der Waals surface area contributed by atoms with Crippen molar-refractivity contribution >= 4 is 0 Å². The second-order valence-corrected chi connectivity index (χ2v) is 2.80. The van der Waals surface area contributed by atoms with E-state index in [0.29, 0.717) is 0 Å². The SMILES string of the molecule is CN1C2C[N-]CC1C2.[Y]. The number of fused-ring (bicyclic) bond motifs is 2. The molecule has 0 saturated carbocycles. The van der Waals surface area contributed by atoms with E-state index in [2.05, 4.69) is 17.3 Å². The smallest absolute Gasteiger partial charge is 0 e. The van der Waals surface area contributed by atoms with Gasteiger partial charge in [-0.15, -0.1) is 13.1 Å². The van der Waals surface area contributed by atoms with Crippen LogP contribution in [0, 0.1) is 0 Å². The van der Waals surface area contributed by atoms with Crippen LogP contribution in [0.25, 0.3) is 5.32 Å². The number of likely N-dealkylation sites (N-methyl/N-ethyl adjacent to an activating group) is 1. The topological polar surface area (TPSA) is 17.3 Å². The van der Waals surface area contributed by atoms with E-state index in [1.54, 1.807) is 0 Å². The summed E-state index contributed by atoms with van der Waals surface area (Å²) in [5, 5.41) is 4.32. The molecule has 3 heteroatoms. The quantitative estimate of drug-likeness (QED) is 0.554. The number of piperazine rings is 1. The van der Waals surface area contributed by atoms with Crippen LogP contribution in [0.5, 0.6) is 0 Å². The average Bonchev–Trinajstić information content (AvgIpc) is 1.89. The van der Waals surface area contributed by atoms with Gasteiger partial charge in [0.2, 0.25) is 0 Å². The van der Waals surface area contributed by atoms with Crippen molar-refractivity contribution in [2.45, 2.75) is 18.5 Å². The minimum atomic E-state index is 0. The fraction of sp³-hybridized carbons (Fsp3) is 1.00. The Hall–Kier alpha value is 1.02. The molecule has 2 nitrogen and oxygen atoms in total. The van der Waals surface area contributed by atoms with Gasteiger partial charge in [0, 0.05) is 32.7 Å². The zero-order valence-corrected chi connectivity index (χ0v) is 8.59. The maximum Gasteiger partial charge on any atom is 0 e. The Morgan fingerprint density at radius 1 is 1.33 bits per heavy atom. The number of rotatable bonds is 0. The summed E-state index contributed by atoms with van der Waals surface area (Å²) in [5.41, 5.74) is 0. The molecule has 2 bridgehead atoms. The van der Waals surface area contributed by atoms with E-state index < -0.39 is 0 Å². The summed E-state index contributed by atoms with van der Waals surface area (Å²) in [4.78, 5) is 2.44. The summed E-state index contributed by atoms with van der Waals surface area (Å²) >= 11 is 0. The zero-order valence-electron chi connectivity index (χ0n) is 5.75.